The summed E-state index contributed by atoms with van der Waals surface area (Å²) >= 11 is 7.48. The van der Waals surface area contributed by atoms with E-state index < -0.39 is 10.9 Å². The number of fused-ring (bicyclic) bond motifs is 1. The van der Waals surface area contributed by atoms with Crippen LogP contribution in [0.25, 0.3) is 10.9 Å². The smallest absolute Gasteiger partial charge is 0.410 e. The second-order valence-corrected chi connectivity index (χ2v) is 15.0. The Kier molecular flexibility index (Phi) is 10.6. The number of hydrogen-bond acceptors (Lipinski definition) is 9. The van der Waals surface area contributed by atoms with Crippen LogP contribution >= 0.6 is 23.4 Å². The van der Waals surface area contributed by atoms with Gasteiger partial charge in [-0.2, -0.15) is 5.10 Å². The van der Waals surface area contributed by atoms with Crippen molar-refractivity contribution in [2.45, 2.75) is 69.0 Å². The fraction of sp³-hybridized carbons (Fsp3) is 0.486. The summed E-state index contributed by atoms with van der Waals surface area (Å²) in [7, 11) is 0. The summed E-state index contributed by atoms with van der Waals surface area (Å²) in [5.74, 6) is 1.55. The highest BCUT2D eigenvalue weighted by Gasteiger charge is 2.35. The second-order valence-electron chi connectivity index (χ2n) is 13.5. The lowest BCUT2D eigenvalue weighted by atomic mass is 10.1. The monoisotopic (exact) mass is 706 g/mol. The van der Waals surface area contributed by atoms with Crippen molar-refractivity contribution < 1.29 is 14.3 Å². The summed E-state index contributed by atoms with van der Waals surface area (Å²) in [5.41, 5.74) is 0.715. The second kappa shape index (κ2) is 14.9. The summed E-state index contributed by atoms with van der Waals surface area (Å²) in [6, 6.07) is 14.7. The molecule has 6 rings (SSSR count). The molecular formula is C35H43ClN8O4S. The lowest BCUT2D eigenvalue weighted by molar-refractivity contribution is -0.129. The van der Waals surface area contributed by atoms with E-state index >= 15 is 0 Å². The normalized spacial score (nSPS) is 17.9. The molecule has 2 aromatic carbocycles. The molecule has 1 N–H and O–H groups in total. The number of aromatic amines is 1. The number of H-pyrrole nitrogens is 1. The Balaban J connectivity index is 1.09. The number of carbonyl (C=O) groups excluding carboxylic acids is 2. The minimum Gasteiger partial charge on any atom is -0.444 e. The average Bonchev–Trinajstić information content (AvgIpc) is 3.77. The first-order valence-corrected chi connectivity index (χ1v) is 18.1. The molecule has 2 aliphatic heterocycles. The standard InChI is InChI=1S/C35H43ClN8O4S/c1-5-44-31(45)26-21-25(36)11-12-27(26)37-33(44)49-29(23-9-7-6-8-10-23)32(46)43-16-13-24(22-43)30-38-28(39-40-30)14-15-41-17-19-42(20-18-41)34(47)48-35(2,3)4/h6-12,21,24,29H,5,13-20,22H2,1-4H3,(H,38,39,40)/t24-,29?/m0/s1. The Morgan fingerprint density at radius 1 is 1.04 bits per heavy atom. The number of halogens is 1. The number of rotatable bonds is 9. The van der Waals surface area contributed by atoms with E-state index in [-0.39, 0.29) is 23.5 Å². The Morgan fingerprint density at radius 2 is 1.80 bits per heavy atom. The summed E-state index contributed by atoms with van der Waals surface area (Å²) in [4.78, 5) is 55.6. The van der Waals surface area contributed by atoms with Crippen LogP contribution in [0.5, 0.6) is 0 Å². The van der Waals surface area contributed by atoms with Gasteiger partial charge in [0.1, 0.15) is 16.7 Å². The molecule has 0 aliphatic carbocycles. The fourth-order valence-corrected chi connectivity index (χ4v) is 7.65. The van der Waals surface area contributed by atoms with Gasteiger partial charge in [0, 0.05) is 69.7 Å². The maximum absolute atomic E-state index is 14.2. The maximum Gasteiger partial charge on any atom is 0.410 e. The number of piperazine rings is 1. The van der Waals surface area contributed by atoms with Crippen molar-refractivity contribution in [3.8, 4) is 0 Å². The Labute approximate surface area is 295 Å². The first-order valence-electron chi connectivity index (χ1n) is 16.8. The number of hydrogen-bond donors (Lipinski definition) is 1. The average molecular weight is 707 g/mol. The SMILES string of the molecule is CCn1c(SC(C(=O)N2CC[C@H](c3nc(CCN4CCN(C(=O)OC(C)(C)C)CC4)n[nH]3)C2)c2ccccc2)nc2ccc(Cl)cc2c1=O. The van der Waals surface area contributed by atoms with Gasteiger partial charge in [0.05, 0.1) is 10.9 Å². The van der Waals surface area contributed by atoms with E-state index in [4.69, 9.17) is 26.3 Å². The lowest BCUT2D eigenvalue weighted by Gasteiger charge is -2.35. The first-order chi connectivity index (χ1) is 23.5. The minimum absolute atomic E-state index is 0.0305. The van der Waals surface area contributed by atoms with E-state index in [1.54, 1.807) is 27.7 Å². The number of ether oxygens (including phenoxy) is 1. The van der Waals surface area contributed by atoms with Crippen molar-refractivity contribution in [1.82, 2.24) is 39.4 Å². The van der Waals surface area contributed by atoms with Gasteiger partial charge in [0.2, 0.25) is 5.91 Å². The van der Waals surface area contributed by atoms with Crippen LogP contribution in [0.3, 0.4) is 0 Å². The van der Waals surface area contributed by atoms with Gasteiger partial charge in [-0.25, -0.2) is 14.8 Å². The first kappa shape index (κ1) is 34.9. The number of aromatic nitrogens is 5. The number of nitrogens with zero attached hydrogens (tertiary/aromatic N) is 7. The molecule has 2 aromatic heterocycles. The summed E-state index contributed by atoms with van der Waals surface area (Å²) in [6.07, 6.45) is 1.20. The number of thioether (sulfide) groups is 1. The summed E-state index contributed by atoms with van der Waals surface area (Å²) in [5, 5.41) is 8.46. The van der Waals surface area contributed by atoms with Crippen LogP contribution < -0.4 is 5.56 Å². The molecule has 12 nitrogen and oxygen atoms in total. The molecule has 2 saturated heterocycles. The van der Waals surface area contributed by atoms with Crippen molar-refractivity contribution in [1.29, 1.82) is 0 Å². The predicted molar refractivity (Wildman–Crippen MR) is 190 cm³/mol. The Bertz CT molecular complexity index is 1850. The van der Waals surface area contributed by atoms with Gasteiger partial charge in [0.25, 0.3) is 5.56 Å². The molecule has 2 atom stereocenters. The highest BCUT2D eigenvalue weighted by molar-refractivity contribution is 8.00. The molecule has 2 amide bonds. The molecule has 0 spiro atoms. The topological polar surface area (TPSA) is 130 Å². The molecule has 49 heavy (non-hydrogen) atoms. The van der Waals surface area contributed by atoms with E-state index in [1.807, 2.05) is 62.9 Å². The molecular weight excluding hydrogens is 664 g/mol. The zero-order chi connectivity index (χ0) is 34.7. The number of benzene rings is 2. The summed E-state index contributed by atoms with van der Waals surface area (Å²) in [6.45, 7) is 12.7. The van der Waals surface area contributed by atoms with Crippen LogP contribution in [0, 0.1) is 0 Å². The third-order valence-corrected chi connectivity index (χ3v) is 10.3. The molecule has 4 heterocycles. The van der Waals surface area contributed by atoms with Crippen LogP contribution in [-0.2, 0) is 22.5 Å². The molecule has 0 bridgehead atoms. The van der Waals surface area contributed by atoms with E-state index in [0.717, 1.165) is 43.3 Å². The van der Waals surface area contributed by atoms with E-state index in [1.165, 1.54) is 11.8 Å². The van der Waals surface area contributed by atoms with Crippen LogP contribution in [-0.4, -0.2) is 103 Å². The quantitative estimate of drug-likeness (QED) is 0.186. The van der Waals surface area contributed by atoms with Crippen molar-refractivity contribution in [2.75, 3.05) is 45.8 Å². The van der Waals surface area contributed by atoms with Gasteiger partial charge in [0.15, 0.2) is 11.0 Å². The molecule has 1 unspecified atom stereocenters. The van der Waals surface area contributed by atoms with Gasteiger partial charge in [-0.15, -0.1) is 0 Å². The van der Waals surface area contributed by atoms with Gasteiger partial charge in [-0.05, 0) is 57.9 Å². The van der Waals surface area contributed by atoms with E-state index in [2.05, 4.69) is 15.1 Å². The Morgan fingerprint density at radius 3 is 2.51 bits per heavy atom. The van der Waals surface area contributed by atoms with Gasteiger partial charge in [-0.1, -0.05) is 53.7 Å². The van der Waals surface area contributed by atoms with Crippen molar-refractivity contribution >= 4 is 46.3 Å². The lowest BCUT2D eigenvalue weighted by Crippen LogP contribution is -2.50. The van der Waals surface area contributed by atoms with Crippen LogP contribution in [0.15, 0.2) is 58.5 Å². The molecule has 2 aliphatic rings. The van der Waals surface area contributed by atoms with E-state index in [0.29, 0.717) is 60.2 Å². The summed E-state index contributed by atoms with van der Waals surface area (Å²) < 4.78 is 7.12. The van der Waals surface area contributed by atoms with Gasteiger partial charge >= 0.3 is 6.09 Å². The molecule has 260 valence electrons. The maximum atomic E-state index is 14.2. The zero-order valence-corrected chi connectivity index (χ0v) is 30.0. The van der Waals surface area contributed by atoms with E-state index in [9.17, 15) is 14.4 Å². The van der Waals surface area contributed by atoms with Crippen molar-refractivity contribution in [3.05, 3.63) is 81.1 Å². The van der Waals surface area contributed by atoms with Crippen LogP contribution in [0.2, 0.25) is 5.02 Å². The van der Waals surface area contributed by atoms with Crippen molar-refractivity contribution in [3.63, 3.8) is 0 Å². The molecule has 14 heteroatoms. The molecule has 2 fully saturated rings. The highest BCUT2D eigenvalue weighted by atomic mass is 35.5. The molecule has 0 radical (unpaired) electrons. The molecule has 4 aromatic rings. The van der Waals surface area contributed by atoms with Crippen LogP contribution in [0.4, 0.5) is 4.79 Å². The van der Waals surface area contributed by atoms with Gasteiger partial charge < -0.3 is 14.5 Å². The molecule has 0 saturated carbocycles. The highest BCUT2D eigenvalue weighted by Crippen LogP contribution is 2.38. The minimum atomic E-state index is -0.588. The third-order valence-electron chi connectivity index (χ3n) is 8.86. The number of nitrogens with one attached hydrogen (secondary N) is 1. The third kappa shape index (κ3) is 8.27. The van der Waals surface area contributed by atoms with Crippen molar-refractivity contribution in [2.24, 2.45) is 0 Å². The number of carbonyl (C=O) groups is 2. The number of amides is 2. The predicted octanol–water partition coefficient (Wildman–Crippen LogP) is 5.13. The largest absolute Gasteiger partial charge is 0.444 e. The number of likely N-dealkylation sites (tertiary alicyclic amines) is 1. The zero-order valence-electron chi connectivity index (χ0n) is 28.4. The fourth-order valence-electron chi connectivity index (χ4n) is 6.23. The van der Waals surface area contributed by atoms with Gasteiger partial charge in [-0.3, -0.25) is 24.2 Å². The Hall–Kier alpha value is -3.94. The van der Waals surface area contributed by atoms with Crippen LogP contribution in [0.1, 0.15) is 62.5 Å².